The molecule has 5 aromatic carbocycles. The van der Waals surface area contributed by atoms with Crippen LogP contribution in [0.3, 0.4) is 0 Å². The number of benzene rings is 5. The van der Waals surface area contributed by atoms with E-state index < -0.39 is 0 Å². The fourth-order valence-corrected chi connectivity index (χ4v) is 5.94. The molecule has 0 spiro atoms. The highest BCUT2D eigenvalue weighted by Crippen LogP contribution is 2.39. The molecule has 0 saturated heterocycles. The van der Waals surface area contributed by atoms with Gasteiger partial charge in [0.2, 0.25) is 0 Å². The zero-order valence-corrected chi connectivity index (χ0v) is 19.7. The van der Waals surface area contributed by atoms with Gasteiger partial charge in [-0.3, -0.25) is 0 Å². The molecule has 164 valence electrons. The van der Waals surface area contributed by atoms with Gasteiger partial charge in [-0.15, -0.1) is 11.3 Å². The maximum absolute atomic E-state index is 5.16. The molecule has 0 aliphatic heterocycles. The van der Waals surface area contributed by atoms with E-state index in [1.807, 2.05) is 6.07 Å². The number of aromatic nitrogens is 2. The van der Waals surface area contributed by atoms with Gasteiger partial charge in [0.25, 0.3) is 0 Å². The SMILES string of the molecule is c1ccc(-c2nc(-c3cccc(-c4cccc5ccccc45)c3)nc3sc4ccccc4c23)cc1. The predicted molar refractivity (Wildman–Crippen MR) is 149 cm³/mol. The lowest BCUT2D eigenvalue weighted by Crippen LogP contribution is -1.94. The molecule has 0 aliphatic rings. The van der Waals surface area contributed by atoms with E-state index in [9.17, 15) is 0 Å². The maximum Gasteiger partial charge on any atom is 0.161 e. The molecule has 0 saturated carbocycles. The summed E-state index contributed by atoms with van der Waals surface area (Å²) < 4.78 is 1.23. The third-order valence-corrected chi connectivity index (χ3v) is 7.57. The molecule has 0 atom stereocenters. The van der Waals surface area contributed by atoms with Gasteiger partial charge in [0.1, 0.15) is 4.83 Å². The molecule has 2 nitrogen and oxygen atoms in total. The summed E-state index contributed by atoms with van der Waals surface area (Å²) in [5.41, 5.74) is 5.50. The van der Waals surface area contributed by atoms with Crippen molar-refractivity contribution in [3.05, 3.63) is 121 Å². The van der Waals surface area contributed by atoms with Crippen LogP contribution in [0.5, 0.6) is 0 Å². The van der Waals surface area contributed by atoms with Crippen molar-refractivity contribution in [2.75, 3.05) is 0 Å². The molecule has 0 fully saturated rings. The average Bonchev–Trinajstić information content (AvgIpc) is 3.31. The van der Waals surface area contributed by atoms with Gasteiger partial charge in [-0.1, -0.05) is 109 Å². The minimum atomic E-state index is 0.755. The van der Waals surface area contributed by atoms with Crippen molar-refractivity contribution in [1.29, 1.82) is 0 Å². The lowest BCUT2D eigenvalue weighted by Gasteiger charge is -2.10. The van der Waals surface area contributed by atoms with Gasteiger partial charge in [-0.05, 0) is 34.0 Å². The van der Waals surface area contributed by atoms with Gasteiger partial charge in [-0.2, -0.15) is 0 Å². The maximum atomic E-state index is 5.16. The highest BCUT2D eigenvalue weighted by molar-refractivity contribution is 7.25. The third kappa shape index (κ3) is 3.40. The second-order valence-corrected chi connectivity index (χ2v) is 9.68. The van der Waals surface area contributed by atoms with E-state index in [-0.39, 0.29) is 0 Å². The van der Waals surface area contributed by atoms with Crippen LogP contribution in [0.15, 0.2) is 121 Å². The van der Waals surface area contributed by atoms with Crippen molar-refractivity contribution in [3.8, 4) is 33.8 Å². The van der Waals surface area contributed by atoms with Crippen LogP contribution in [0.4, 0.5) is 0 Å². The Bertz CT molecular complexity index is 1850. The Morgan fingerprint density at radius 2 is 1.20 bits per heavy atom. The van der Waals surface area contributed by atoms with Crippen LogP contribution in [0.2, 0.25) is 0 Å². The van der Waals surface area contributed by atoms with Crippen molar-refractivity contribution >= 4 is 42.4 Å². The number of rotatable bonds is 3. The van der Waals surface area contributed by atoms with Gasteiger partial charge >= 0.3 is 0 Å². The van der Waals surface area contributed by atoms with Crippen LogP contribution in [0.1, 0.15) is 0 Å². The Kier molecular flexibility index (Phi) is 4.68. The third-order valence-electron chi connectivity index (χ3n) is 6.51. The van der Waals surface area contributed by atoms with Crippen LogP contribution in [0, 0.1) is 0 Å². The summed E-state index contributed by atoms with van der Waals surface area (Å²) in [5, 5.41) is 4.83. The molecule has 0 unspecified atom stereocenters. The molecule has 7 aromatic rings. The van der Waals surface area contributed by atoms with Gasteiger partial charge in [0.05, 0.1) is 5.69 Å². The molecule has 0 bridgehead atoms. The van der Waals surface area contributed by atoms with E-state index in [0.717, 1.165) is 32.9 Å². The normalized spacial score (nSPS) is 11.4. The molecular formula is C32H20N2S. The zero-order chi connectivity index (χ0) is 23.2. The number of nitrogens with zero attached hydrogens (tertiary/aromatic N) is 2. The van der Waals surface area contributed by atoms with E-state index >= 15 is 0 Å². The van der Waals surface area contributed by atoms with Crippen LogP contribution in [0.25, 0.3) is 64.8 Å². The Morgan fingerprint density at radius 3 is 2.11 bits per heavy atom. The van der Waals surface area contributed by atoms with E-state index in [0.29, 0.717) is 0 Å². The average molecular weight is 465 g/mol. The molecule has 3 heteroatoms. The van der Waals surface area contributed by atoms with E-state index in [2.05, 4.69) is 115 Å². The van der Waals surface area contributed by atoms with E-state index in [1.165, 1.54) is 32.0 Å². The highest BCUT2D eigenvalue weighted by Gasteiger charge is 2.17. The summed E-state index contributed by atoms with van der Waals surface area (Å²) in [6.45, 7) is 0. The molecule has 0 aliphatic carbocycles. The van der Waals surface area contributed by atoms with Crippen molar-refractivity contribution in [2.24, 2.45) is 0 Å². The first kappa shape index (κ1) is 20.1. The molecule has 0 N–H and O–H groups in total. The van der Waals surface area contributed by atoms with Crippen molar-refractivity contribution in [1.82, 2.24) is 9.97 Å². The molecule has 0 radical (unpaired) electrons. The number of fused-ring (bicyclic) bond motifs is 4. The number of thiophene rings is 1. The van der Waals surface area contributed by atoms with Crippen molar-refractivity contribution in [2.45, 2.75) is 0 Å². The molecule has 0 amide bonds. The highest BCUT2D eigenvalue weighted by atomic mass is 32.1. The van der Waals surface area contributed by atoms with Gasteiger partial charge in [0.15, 0.2) is 5.82 Å². The monoisotopic (exact) mass is 464 g/mol. The van der Waals surface area contributed by atoms with Crippen molar-refractivity contribution < 1.29 is 0 Å². The summed E-state index contributed by atoms with van der Waals surface area (Å²) in [6.07, 6.45) is 0. The molecular weight excluding hydrogens is 444 g/mol. The smallest absolute Gasteiger partial charge is 0.161 e. The van der Waals surface area contributed by atoms with Crippen LogP contribution < -0.4 is 0 Å². The minimum absolute atomic E-state index is 0.755. The van der Waals surface area contributed by atoms with E-state index in [4.69, 9.17) is 9.97 Å². The fraction of sp³-hybridized carbons (Fsp3) is 0. The Morgan fingerprint density at radius 1 is 0.514 bits per heavy atom. The first-order valence-corrected chi connectivity index (χ1v) is 12.5. The number of hydrogen-bond donors (Lipinski definition) is 0. The van der Waals surface area contributed by atoms with Gasteiger partial charge < -0.3 is 0 Å². The van der Waals surface area contributed by atoms with Crippen LogP contribution in [-0.2, 0) is 0 Å². The van der Waals surface area contributed by atoms with Gasteiger partial charge in [-0.25, -0.2) is 9.97 Å². The Balaban J connectivity index is 1.47. The largest absolute Gasteiger partial charge is 0.227 e. The molecule has 2 heterocycles. The molecule has 35 heavy (non-hydrogen) atoms. The summed E-state index contributed by atoms with van der Waals surface area (Å²) in [4.78, 5) is 11.2. The molecule has 2 aromatic heterocycles. The number of hydrogen-bond acceptors (Lipinski definition) is 3. The Labute approximate surface area is 207 Å². The summed E-state index contributed by atoms with van der Waals surface area (Å²) in [6, 6.07) is 42.5. The van der Waals surface area contributed by atoms with Crippen molar-refractivity contribution in [3.63, 3.8) is 0 Å². The topological polar surface area (TPSA) is 25.8 Å². The lowest BCUT2D eigenvalue weighted by molar-refractivity contribution is 1.24. The first-order chi connectivity index (χ1) is 17.3. The summed E-state index contributed by atoms with van der Waals surface area (Å²) in [7, 11) is 0. The van der Waals surface area contributed by atoms with Crippen LogP contribution in [-0.4, -0.2) is 9.97 Å². The first-order valence-electron chi connectivity index (χ1n) is 11.7. The second kappa shape index (κ2) is 8.15. The lowest BCUT2D eigenvalue weighted by atomic mass is 9.97. The fourth-order valence-electron chi connectivity index (χ4n) is 4.86. The van der Waals surface area contributed by atoms with E-state index in [1.54, 1.807) is 11.3 Å². The standard InChI is InChI=1S/C32H20N2S/c1-2-11-22(12-3-1)30-29-27-17-6-7-19-28(27)35-32(29)34-31(33-30)24-15-8-14-23(20-24)26-18-9-13-21-10-4-5-16-25(21)26/h1-20H. The van der Waals surface area contributed by atoms with Gasteiger partial charge in [0, 0.05) is 26.6 Å². The summed E-state index contributed by atoms with van der Waals surface area (Å²) >= 11 is 1.73. The quantitative estimate of drug-likeness (QED) is 0.261. The Hall–Kier alpha value is -4.34. The summed E-state index contributed by atoms with van der Waals surface area (Å²) in [5.74, 6) is 0.755. The zero-order valence-electron chi connectivity index (χ0n) is 18.8. The second-order valence-electron chi connectivity index (χ2n) is 8.65. The minimum Gasteiger partial charge on any atom is -0.227 e. The van der Waals surface area contributed by atoms with Crippen LogP contribution >= 0.6 is 11.3 Å². The molecule has 7 rings (SSSR count). The predicted octanol–water partition coefficient (Wildman–Crippen LogP) is 9.00.